The van der Waals surface area contributed by atoms with Gasteiger partial charge in [-0.1, -0.05) is 72.8 Å². The second-order valence-corrected chi connectivity index (χ2v) is 8.73. The number of unbranched alkanes of at least 4 members (excludes halogenated alkanes) is 4. The molecule has 0 aliphatic heterocycles. The van der Waals surface area contributed by atoms with Gasteiger partial charge in [-0.05, 0) is 54.6 Å². The Kier molecular flexibility index (Phi) is 7.99. The van der Waals surface area contributed by atoms with E-state index in [0.717, 1.165) is 50.6 Å². The summed E-state index contributed by atoms with van der Waals surface area (Å²) in [5, 5.41) is 1.14. The van der Waals surface area contributed by atoms with Gasteiger partial charge in [0.15, 0.2) is 0 Å². The molecule has 1 aliphatic carbocycles. The van der Waals surface area contributed by atoms with Crippen molar-refractivity contribution in [2.45, 2.75) is 56.9 Å². The summed E-state index contributed by atoms with van der Waals surface area (Å²) >= 11 is 12.4. The molecule has 0 aromatic heterocycles. The van der Waals surface area contributed by atoms with Crippen LogP contribution in [0, 0.1) is 0 Å². The molecule has 0 radical (unpaired) electrons. The van der Waals surface area contributed by atoms with Gasteiger partial charge < -0.3 is 10.6 Å². The molecule has 2 atom stereocenters. The minimum Gasteiger partial charge on any atom is -0.339 e. The summed E-state index contributed by atoms with van der Waals surface area (Å²) in [6.07, 6.45) is 6.89. The van der Waals surface area contributed by atoms with Gasteiger partial charge in [-0.2, -0.15) is 0 Å². The highest BCUT2D eigenvalue weighted by atomic mass is 35.5. The minimum absolute atomic E-state index is 0.0930. The van der Waals surface area contributed by atoms with Crippen molar-refractivity contribution in [1.29, 1.82) is 0 Å². The van der Waals surface area contributed by atoms with E-state index in [1.54, 1.807) is 0 Å². The molecular formula is C24H30Cl2N2O. The van der Waals surface area contributed by atoms with E-state index in [1.165, 1.54) is 11.1 Å². The van der Waals surface area contributed by atoms with Gasteiger partial charge in [0.1, 0.15) is 0 Å². The summed E-state index contributed by atoms with van der Waals surface area (Å²) in [5.41, 5.74) is 9.20. The zero-order valence-corrected chi connectivity index (χ0v) is 18.6. The fourth-order valence-electron chi connectivity index (χ4n) is 4.32. The van der Waals surface area contributed by atoms with Crippen LogP contribution in [0.15, 0.2) is 42.5 Å². The predicted molar refractivity (Wildman–Crippen MR) is 122 cm³/mol. The maximum Gasteiger partial charge on any atom is 0.222 e. The Labute approximate surface area is 184 Å². The first-order valence-electron chi connectivity index (χ1n) is 10.5. The topological polar surface area (TPSA) is 46.3 Å². The summed E-state index contributed by atoms with van der Waals surface area (Å²) in [6, 6.07) is 14.4. The molecule has 0 heterocycles. The molecule has 0 saturated heterocycles. The van der Waals surface area contributed by atoms with Crippen LogP contribution in [0.25, 0.3) is 0 Å². The Bertz CT molecular complexity index is 839. The Hall–Kier alpha value is -1.55. The van der Waals surface area contributed by atoms with Crippen LogP contribution in [0.4, 0.5) is 0 Å². The zero-order valence-electron chi connectivity index (χ0n) is 17.0. The fourth-order valence-corrected chi connectivity index (χ4v) is 4.63. The van der Waals surface area contributed by atoms with E-state index in [0.29, 0.717) is 16.5 Å². The molecule has 1 aliphatic rings. The van der Waals surface area contributed by atoms with Gasteiger partial charge in [-0.3, -0.25) is 4.79 Å². The van der Waals surface area contributed by atoms with Crippen LogP contribution in [-0.2, 0) is 4.79 Å². The number of hydrogen-bond acceptors (Lipinski definition) is 2. The zero-order chi connectivity index (χ0) is 20.8. The maximum absolute atomic E-state index is 12.8. The van der Waals surface area contributed by atoms with Crippen molar-refractivity contribution in [3.8, 4) is 0 Å². The lowest BCUT2D eigenvalue weighted by Gasteiger charge is -2.26. The second kappa shape index (κ2) is 10.5. The van der Waals surface area contributed by atoms with Crippen LogP contribution in [0.3, 0.4) is 0 Å². The second-order valence-electron chi connectivity index (χ2n) is 7.92. The van der Waals surface area contributed by atoms with E-state index in [4.69, 9.17) is 28.9 Å². The molecule has 2 aromatic carbocycles. The first kappa shape index (κ1) is 22.1. The molecule has 29 heavy (non-hydrogen) atoms. The lowest BCUT2D eigenvalue weighted by Crippen LogP contribution is -2.30. The molecule has 156 valence electrons. The summed E-state index contributed by atoms with van der Waals surface area (Å²) in [5.74, 6) is 0.441. The third kappa shape index (κ3) is 5.33. The van der Waals surface area contributed by atoms with Crippen LogP contribution >= 0.6 is 23.2 Å². The number of carbonyl (C=O) groups is 1. The molecule has 2 unspecified atom stereocenters. The predicted octanol–water partition coefficient (Wildman–Crippen LogP) is 6.33. The largest absolute Gasteiger partial charge is 0.339 e. The van der Waals surface area contributed by atoms with Gasteiger partial charge in [0, 0.05) is 19.4 Å². The van der Waals surface area contributed by atoms with E-state index in [9.17, 15) is 4.79 Å². The van der Waals surface area contributed by atoms with E-state index >= 15 is 0 Å². The summed E-state index contributed by atoms with van der Waals surface area (Å²) in [4.78, 5) is 14.8. The highest BCUT2D eigenvalue weighted by Crippen LogP contribution is 2.47. The van der Waals surface area contributed by atoms with E-state index in [-0.39, 0.29) is 17.9 Å². The maximum atomic E-state index is 12.8. The molecule has 5 heteroatoms. The molecule has 2 aromatic rings. The number of carbonyl (C=O) groups excluding carboxylic acids is 1. The van der Waals surface area contributed by atoms with Crippen LogP contribution in [0.1, 0.15) is 73.6 Å². The number of halogens is 2. The number of fused-ring (bicyclic) bond motifs is 1. The molecular weight excluding hydrogens is 403 g/mol. The Morgan fingerprint density at radius 3 is 2.41 bits per heavy atom. The average molecular weight is 433 g/mol. The van der Waals surface area contributed by atoms with Crippen LogP contribution < -0.4 is 5.73 Å². The van der Waals surface area contributed by atoms with Crippen molar-refractivity contribution in [2.24, 2.45) is 5.73 Å². The van der Waals surface area contributed by atoms with Gasteiger partial charge in [0.05, 0.1) is 16.1 Å². The van der Waals surface area contributed by atoms with Gasteiger partial charge in [0.2, 0.25) is 5.91 Å². The highest BCUT2D eigenvalue weighted by molar-refractivity contribution is 6.42. The van der Waals surface area contributed by atoms with Crippen LogP contribution in [0.5, 0.6) is 0 Å². The van der Waals surface area contributed by atoms with E-state index in [1.807, 2.05) is 30.1 Å². The van der Waals surface area contributed by atoms with Crippen molar-refractivity contribution < 1.29 is 4.79 Å². The van der Waals surface area contributed by atoms with Gasteiger partial charge >= 0.3 is 0 Å². The number of benzene rings is 2. The van der Waals surface area contributed by atoms with Crippen LogP contribution in [0.2, 0.25) is 10.0 Å². The normalized spacial score (nSPS) is 17.9. The number of rotatable bonds is 9. The van der Waals surface area contributed by atoms with Gasteiger partial charge in [-0.15, -0.1) is 0 Å². The molecule has 3 rings (SSSR count). The highest BCUT2D eigenvalue weighted by Gasteiger charge is 2.35. The lowest BCUT2D eigenvalue weighted by molar-refractivity contribution is -0.132. The Morgan fingerprint density at radius 2 is 1.69 bits per heavy atom. The molecule has 0 spiro atoms. The smallest absolute Gasteiger partial charge is 0.222 e. The van der Waals surface area contributed by atoms with Crippen molar-refractivity contribution >= 4 is 29.1 Å². The third-order valence-electron chi connectivity index (χ3n) is 5.99. The molecule has 1 amide bonds. The van der Waals surface area contributed by atoms with Gasteiger partial charge in [-0.25, -0.2) is 0 Å². The first-order valence-corrected chi connectivity index (χ1v) is 11.3. The Balaban J connectivity index is 1.68. The monoisotopic (exact) mass is 432 g/mol. The molecule has 3 nitrogen and oxygen atoms in total. The number of hydrogen-bond donors (Lipinski definition) is 1. The molecule has 0 fully saturated rings. The van der Waals surface area contributed by atoms with Crippen molar-refractivity contribution in [1.82, 2.24) is 4.90 Å². The first-order chi connectivity index (χ1) is 14.0. The van der Waals surface area contributed by atoms with E-state index < -0.39 is 0 Å². The number of nitrogens with two attached hydrogens (primary N) is 1. The SMILES string of the molecule is CN(C(=O)CCCCCCCN)C1CC(c2ccc(Cl)c(Cl)c2)c2ccccc21. The molecule has 0 bridgehead atoms. The minimum atomic E-state index is 0.0930. The fraction of sp³-hybridized carbons (Fsp3) is 0.458. The van der Waals surface area contributed by atoms with Crippen molar-refractivity contribution in [3.63, 3.8) is 0 Å². The third-order valence-corrected chi connectivity index (χ3v) is 6.73. The molecule has 2 N–H and O–H groups in total. The molecule has 0 saturated carbocycles. The Morgan fingerprint density at radius 1 is 1.00 bits per heavy atom. The average Bonchev–Trinajstić information content (AvgIpc) is 3.11. The number of amides is 1. The van der Waals surface area contributed by atoms with Crippen molar-refractivity contribution in [3.05, 3.63) is 69.2 Å². The number of nitrogens with zero attached hydrogens (tertiary/aromatic N) is 1. The lowest BCUT2D eigenvalue weighted by atomic mass is 9.93. The standard InChI is InChI=1S/C24H30Cl2N2O/c1-28(24(29)11-5-3-2-4-8-14-27)23-16-20(18-9-6-7-10-19(18)23)17-12-13-21(25)22(26)15-17/h6-7,9-10,12-13,15,20,23H,2-5,8,11,14,16,27H2,1H3. The quantitative estimate of drug-likeness (QED) is 0.470. The van der Waals surface area contributed by atoms with Gasteiger partial charge in [0.25, 0.3) is 0 Å². The van der Waals surface area contributed by atoms with E-state index in [2.05, 4.69) is 24.3 Å². The van der Waals surface area contributed by atoms with Crippen molar-refractivity contribution in [2.75, 3.05) is 13.6 Å². The van der Waals surface area contributed by atoms with Crippen LogP contribution in [-0.4, -0.2) is 24.4 Å². The summed E-state index contributed by atoms with van der Waals surface area (Å²) in [6.45, 7) is 0.753. The summed E-state index contributed by atoms with van der Waals surface area (Å²) < 4.78 is 0. The summed E-state index contributed by atoms with van der Waals surface area (Å²) in [7, 11) is 1.94.